The molecule has 0 aromatic rings. The molecule has 1 rings (SSSR count). The summed E-state index contributed by atoms with van der Waals surface area (Å²) in [6.45, 7) is 11.1. The van der Waals surface area contributed by atoms with Crippen LogP contribution in [0.3, 0.4) is 0 Å². The molecular formula is C15H27N3O2. The number of nitrogens with zero attached hydrogens (tertiary/aromatic N) is 3. The van der Waals surface area contributed by atoms with Gasteiger partial charge in [-0.15, -0.1) is 0 Å². The van der Waals surface area contributed by atoms with Crippen LogP contribution in [0.1, 0.15) is 47.5 Å². The second-order valence-electron chi connectivity index (χ2n) is 6.98. The van der Waals surface area contributed by atoms with Crippen LogP contribution in [-0.4, -0.2) is 53.2 Å². The molecule has 1 saturated heterocycles. The van der Waals surface area contributed by atoms with Gasteiger partial charge in [0, 0.05) is 26.2 Å². The van der Waals surface area contributed by atoms with Crippen molar-refractivity contribution in [3.8, 4) is 6.07 Å². The highest BCUT2D eigenvalue weighted by molar-refractivity contribution is 5.68. The Balaban J connectivity index is 2.54. The summed E-state index contributed by atoms with van der Waals surface area (Å²) in [5.74, 6) is 0. The van der Waals surface area contributed by atoms with Gasteiger partial charge in [0.2, 0.25) is 0 Å². The van der Waals surface area contributed by atoms with Crippen molar-refractivity contribution < 1.29 is 9.53 Å². The summed E-state index contributed by atoms with van der Waals surface area (Å²) in [4.78, 5) is 15.9. The Morgan fingerprint density at radius 2 is 1.75 bits per heavy atom. The average Bonchev–Trinajstić information content (AvgIpc) is 2.36. The van der Waals surface area contributed by atoms with Crippen molar-refractivity contribution >= 4 is 6.09 Å². The van der Waals surface area contributed by atoms with E-state index in [1.165, 1.54) is 0 Å². The minimum absolute atomic E-state index is 0.190. The number of hydrogen-bond donors (Lipinski definition) is 0. The zero-order valence-corrected chi connectivity index (χ0v) is 13.6. The molecule has 0 N–H and O–H groups in total. The molecule has 0 radical (unpaired) electrons. The summed E-state index contributed by atoms with van der Waals surface area (Å²) in [5, 5.41) is 9.16. The van der Waals surface area contributed by atoms with Gasteiger partial charge in [-0.2, -0.15) is 5.26 Å². The van der Waals surface area contributed by atoms with Crippen LogP contribution in [-0.2, 0) is 4.74 Å². The van der Waals surface area contributed by atoms with Gasteiger partial charge in [0.25, 0.3) is 0 Å². The van der Waals surface area contributed by atoms with Gasteiger partial charge in [-0.25, -0.2) is 4.79 Å². The number of ether oxygens (including phenoxy) is 1. The molecule has 0 aromatic carbocycles. The molecule has 5 nitrogen and oxygen atoms in total. The minimum atomic E-state index is -0.463. The summed E-state index contributed by atoms with van der Waals surface area (Å²) in [5.41, 5.74) is -0.899. The third-order valence-electron chi connectivity index (χ3n) is 3.76. The van der Waals surface area contributed by atoms with Crippen LogP contribution in [0.15, 0.2) is 0 Å². The molecule has 1 fully saturated rings. The van der Waals surface area contributed by atoms with Gasteiger partial charge >= 0.3 is 6.09 Å². The molecule has 0 bridgehead atoms. The minimum Gasteiger partial charge on any atom is -0.444 e. The van der Waals surface area contributed by atoms with Gasteiger partial charge in [0.1, 0.15) is 11.1 Å². The van der Waals surface area contributed by atoms with Gasteiger partial charge < -0.3 is 9.64 Å². The van der Waals surface area contributed by atoms with E-state index in [0.29, 0.717) is 0 Å². The van der Waals surface area contributed by atoms with Crippen LogP contribution >= 0.6 is 0 Å². The van der Waals surface area contributed by atoms with E-state index in [2.05, 4.69) is 11.0 Å². The van der Waals surface area contributed by atoms with Crippen LogP contribution in [0, 0.1) is 11.3 Å². The van der Waals surface area contributed by atoms with Crippen molar-refractivity contribution in [1.82, 2.24) is 9.80 Å². The first kappa shape index (κ1) is 16.8. The highest BCUT2D eigenvalue weighted by Crippen LogP contribution is 2.23. The summed E-state index contributed by atoms with van der Waals surface area (Å²) >= 11 is 0. The molecule has 114 valence electrons. The molecule has 20 heavy (non-hydrogen) atoms. The number of piperidine rings is 1. The van der Waals surface area contributed by atoms with Crippen molar-refractivity contribution in [3.05, 3.63) is 0 Å². The molecule has 1 aliphatic heterocycles. The zero-order valence-electron chi connectivity index (χ0n) is 13.6. The van der Waals surface area contributed by atoms with E-state index in [1.807, 2.05) is 34.6 Å². The summed E-state index contributed by atoms with van der Waals surface area (Å²) in [6, 6.07) is 2.52. The molecule has 5 heteroatoms. The van der Waals surface area contributed by atoms with Crippen LogP contribution < -0.4 is 0 Å². The predicted octanol–water partition coefficient (Wildman–Crippen LogP) is 2.62. The largest absolute Gasteiger partial charge is 0.444 e. The maximum Gasteiger partial charge on any atom is 0.410 e. The Kier molecular flexibility index (Phi) is 5.04. The van der Waals surface area contributed by atoms with E-state index in [0.717, 1.165) is 25.9 Å². The fourth-order valence-electron chi connectivity index (χ4n) is 2.37. The van der Waals surface area contributed by atoms with Gasteiger partial charge in [-0.1, -0.05) is 0 Å². The second-order valence-corrected chi connectivity index (χ2v) is 6.98. The third kappa shape index (κ3) is 4.38. The molecular weight excluding hydrogens is 254 g/mol. The lowest BCUT2D eigenvalue weighted by Crippen LogP contribution is -2.52. The number of nitriles is 1. The number of hydrogen-bond acceptors (Lipinski definition) is 4. The number of carbonyl (C=O) groups is 1. The van der Waals surface area contributed by atoms with E-state index in [9.17, 15) is 4.79 Å². The lowest BCUT2D eigenvalue weighted by atomic mass is 9.97. The second kappa shape index (κ2) is 6.01. The fraction of sp³-hybridized carbons (Fsp3) is 0.867. The van der Waals surface area contributed by atoms with E-state index >= 15 is 0 Å². The Morgan fingerprint density at radius 1 is 1.25 bits per heavy atom. The van der Waals surface area contributed by atoms with Crippen LogP contribution in [0.25, 0.3) is 0 Å². The normalized spacial score (nSPS) is 18.4. The number of amides is 1. The van der Waals surface area contributed by atoms with Gasteiger partial charge in [0.15, 0.2) is 0 Å². The first-order valence-electron chi connectivity index (χ1n) is 7.19. The topological polar surface area (TPSA) is 56.6 Å². The smallest absolute Gasteiger partial charge is 0.410 e. The van der Waals surface area contributed by atoms with Crippen LogP contribution in [0.2, 0.25) is 0 Å². The molecule has 1 heterocycles. The lowest BCUT2D eigenvalue weighted by Gasteiger charge is -2.41. The van der Waals surface area contributed by atoms with E-state index in [1.54, 1.807) is 11.9 Å². The van der Waals surface area contributed by atoms with Crippen molar-refractivity contribution in [3.63, 3.8) is 0 Å². The molecule has 0 saturated carbocycles. The molecule has 0 spiro atoms. The van der Waals surface area contributed by atoms with Gasteiger partial charge in [-0.05, 0) is 47.5 Å². The molecule has 0 atom stereocenters. The maximum atomic E-state index is 12.0. The molecule has 0 unspecified atom stereocenters. The predicted molar refractivity (Wildman–Crippen MR) is 78.3 cm³/mol. The summed E-state index contributed by atoms with van der Waals surface area (Å²) < 4.78 is 5.39. The highest BCUT2D eigenvalue weighted by atomic mass is 16.6. The van der Waals surface area contributed by atoms with E-state index in [4.69, 9.17) is 10.00 Å². The van der Waals surface area contributed by atoms with Crippen LogP contribution in [0.5, 0.6) is 0 Å². The Morgan fingerprint density at radius 3 is 2.15 bits per heavy atom. The fourth-order valence-corrected chi connectivity index (χ4v) is 2.37. The van der Waals surface area contributed by atoms with Crippen LogP contribution in [0.4, 0.5) is 4.79 Å². The highest BCUT2D eigenvalue weighted by Gasteiger charge is 2.33. The van der Waals surface area contributed by atoms with Crippen molar-refractivity contribution in [2.45, 2.75) is 64.6 Å². The Bertz CT molecular complexity index is 385. The first-order chi connectivity index (χ1) is 9.07. The van der Waals surface area contributed by atoms with E-state index in [-0.39, 0.29) is 12.1 Å². The third-order valence-corrected chi connectivity index (χ3v) is 3.76. The standard InChI is InChI=1S/C15H27N3O2/c1-14(2,3)20-13(19)17(6)12-7-9-18(10-8-12)15(4,5)11-16/h12H,7-10H2,1-6H3. The Hall–Kier alpha value is -1.28. The number of rotatable bonds is 2. The molecule has 1 aliphatic rings. The quantitative estimate of drug-likeness (QED) is 0.780. The summed E-state index contributed by atoms with van der Waals surface area (Å²) in [7, 11) is 1.80. The molecule has 0 aliphatic carbocycles. The SMILES string of the molecule is CN(C(=O)OC(C)(C)C)C1CCN(C(C)(C)C#N)CC1. The molecule has 0 aromatic heterocycles. The van der Waals surface area contributed by atoms with Gasteiger partial charge in [-0.3, -0.25) is 4.90 Å². The monoisotopic (exact) mass is 281 g/mol. The first-order valence-corrected chi connectivity index (χ1v) is 7.19. The van der Waals surface area contributed by atoms with Crippen molar-refractivity contribution in [1.29, 1.82) is 5.26 Å². The Labute approximate surface area is 122 Å². The maximum absolute atomic E-state index is 12.0. The van der Waals surface area contributed by atoms with Crippen molar-refractivity contribution in [2.75, 3.05) is 20.1 Å². The molecule has 1 amide bonds. The lowest BCUT2D eigenvalue weighted by molar-refractivity contribution is 0.0115. The number of likely N-dealkylation sites (tertiary alicyclic amines) is 1. The van der Waals surface area contributed by atoms with Gasteiger partial charge in [0.05, 0.1) is 6.07 Å². The summed E-state index contributed by atoms with van der Waals surface area (Å²) in [6.07, 6.45) is 1.48. The van der Waals surface area contributed by atoms with Crippen molar-refractivity contribution in [2.24, 2.45) is 0 Å². The van der Waals surface area contributed by atoms with E-state index < -0.39 is 11.1 Å². The number of carbonyl (C=O) groups excluding carboxylic acids is 1. The zero-order chi connectivity index (χ0) is 15.6. The average molecular weight is 281 g/mol.